The van der Waals surface area contributed by atoms with Gasteiger partial charge in [0.2, 0.25) is 5.91 Å². The minimum absolute atomic E-state index is 0.159. The molecule has 2 heterocycles. The Balaban J connectivity index is 1.80. The van der Waals surface area contributed by atoms with Crippen molar-refractivity contribution in [2.45, 2.75) is 67.0 Å². The molecule has 2 aromatic carbocycles. The number of hydrogen-bond donors (Lipinski definition) is 2. The summed E-state index contributed by atoms with van der Waals surface area (Å²) in [5, 5.41) is 19.0. The van der Waals surface area contributed by atoms with Gasteiger partial charge in [0, 0.05) is 18.5 Å². The Bertz CT molecular complexity index is 1410. The van der Waals surface area contributed by atoms with Crippen molar-refractivity contribution in [1.29, 1.82) is 0 Å². The van der Waals surface area contributed by atoms with Gasteiger partial charge < -0.3 is 15.1 Å². The van der Waals surface area contributed by atoms with Crippen molar-refractivity contribution in [3.63, 3.8) is 0 Å². The quantitative estimate of drug-likeness (QED) is 0.351. The predicted octanol–water partition coefficient (Wildman–Crippen LogP) is 5.10. The molecule has 0 radical (unpaired) electrons. The number of hydrogen-bond acceptors (Lipinski definition) is 5. The van der Waals surface area contributed by atoms with E-state index in [0.717, 1.165) is 40.9 Å². The summed E-state index contributed by atoms with van der Waals surface area (Å²) >= 11 is 0. The van der Waals surface area contributed by atoms with Gasteiger partial charge in [0.15, 0.2) is 0 Å². The molecule has 2 unspecified atom stereocenters. The van der Waals surface area contributed by atoms with Crippen LogP contribution < -0.4 is 4.31 Å². The Morgan fingerprint density at radius 1 is 1.00 bits per heavy atom. The van der Waals surface area contributed by atoms with Crippen molar-refractivity contribution >= 4 is 21.6 Å². The Hall–Kier alpha value is -3.33. The maximum Gasteiger partial charge on any atom is 0.430 e. The number of nitrogens with zero attached hydrogens (tertiary/aromatic N) is 2. The van der Waals surface area contributed by atoms with E-state index >= 15 is 0 Å². The number of carbonyl (C=O) groups is 1. The Labute approximate surface area is 230 Å². The smallest absolute Gasteiger partial charge is 0.430 e. The number of halogens is 7. The summed E-state index contributed by atoms with van der Waals surface area (Å²) in [5.74, 6) is -1.23. The number of sulfonamides is 1. The number of aliphatic hydroxyl groups excluding tert-OH is 1. The van der Waals surface area contributed by atoms with Gasteiger partial charge in [0.05, 0.1) is 28.9 Å². The van der Waals surface area contributed by atoms with Crippen LogP contribution in [0.1, 0.15) is 36.8 Å². The van der Waals surface area contributed by atoms with Gasteiger partial charge in [-0.3, -0.25) is 9.10 Å². The highest BCUT2D eigenvalue weighted by Gasteiger charge is 2.71. The van der Waals surface area contributed by atoms with E-state index in [0.29, 0.717) is 31.5 Å². The van der Waals surface area contributed by atoms with Crippen molar-refractivity contribution in [3.05, 3.63) is 71.7 Å². The van der Waals surface area contributed by atoms with Gasteiger partial charge in [-0.1, -0.05) is 12.1 Å². The summed E-state index contributed by atoms with van der Waals surface area (Å²) in [7, 11) is -4.60. The molecule has 2 N–H and O–H groups in total. The number of anilines is 1. The molecule has 1 saturated heterocycles. The maximum atomic E-state index is 13.8. The van der Waals surface area contributed by atoms with Crippen molar-refractivity contribution in [1.82, 2.24) is 4.90 Å². The molecule has 2 atom stereocenters. The van der Waals surface area contributed by atoms with Crippen molar-refractivity contribution < 1.29 is 54.2 Å². The minimum Gasteiger partial charge on any atom is -0.516 e. The fourth-order valence-corrected chi connectivity index (χ4v) is 7.02. The van der Waals surface area contributed by atoms with Crippen LogP contribution in [0.15, 0.2) is 59.7 Å². The minimum atomic E-state index is -6.14. The number of alkyl halides is 6. The van der Waals surface area contributed by atoms with Crippen LogP contribution in [-0.2, 0) is 26.8 Å². The molecular formula is C26H25F7N2O5S. The molecule has 0 aliphatic carbocycles. The van der Waals surface area contributed by atoms with E-state index < -0.39 is 62.2 Å². The number of rotatable bonds is 6. The third-order valence-corrected chi connectivity index (χ3v) is 9.22. The van der Waals surface area contributed by atoms with Gasteiger partial charge in [0.25, 0.3) is 15.6 Å². The maximum absolute atomic E-state index is 13.8. The topological polar surface area (TPSA) is 98.2 Å². The standard InChI is InChI=1S/C26H25F7N2O5S/c27-18-5-8-21(9-6-18)41(39,40)35-20(15-23(37)34-12-1-2-19(34)11-13-36)7-3-16-14-17(4-10-22(16)35)24(38,25(28,29)30)26(31,32)33/h4-6,8-11,13-14,19-20,36,38H,1-3,7,12,15H2/b13-11+. The van der Waals surface area contributed by atoms with Gasteiger partial charge in [-0.25, -0.2) is 12.8 Å². The zero-order valence-electron chi connectivity index (χ0n) is 21.2. The Morgan fingerprint density at radius 3 is 2.22 bits per heavy atom. The Morgan fingerprint density at radius 2 is 1.63 bits per heavy atom. The molecule has 2 aromatic rings. The highest BCUT2D eigenvalue weighted by molar-refractivity contribution is 7.92. The fraction of sp³-hybridized carbons (Fsp3) is 0.423. The summed E-state index contributed by atoms with van der Waals surface area (Å²) in [4.78, 5) is 14.3. The second-order valence-electron chi connectivity index (χ2n) is 9.84. The number of aryl methyl sites for hydroxylation is 1. The summed E-state index contributed by atoms with van der Waals surface area (Å²) in [6.45, 7) is 0.332. The number of amides is 1. The second-order valence-corrected chi connectivity index (χ2v) is 11.7. The van der Waals surface area contributed by atoms with Crippen LogP contribution in [0.4, 0.5) is 36.4 Å². The van der Waals surface area contributed by atoms with E-state index in [1.807, 2.05) is 0 Å². The molecule has 2 aliphatic heterocycles. The van der Waals surface area contributed by atoms with Gasteiger partial charge in [0.1, 0.15) is 5.82 Å². The van der Waals surface area contributed by atoms with E-state index in [1.165, 1.54) is 11.0 Å². The number of fused-ring (bicyclic) bond motifs is 1. The van der Waals surface area contributed by atoms with Gasteiger partial charge >= 0.3 is 12.4 Å². The average Bonchev–Trinajstić information content (AvgIpc) is 3.35. The van der Waals surface area contributed by atoms with E-state index in [2.05, 4.69) is 0 Å². The first kappa shape index (κ1) is 30.6. The molecule has 41 heavy (non-hydrogen) atoms. The average molecular weight is 611 g/mol. The van der Waals surface area contributed by atoms with E-state index in [1.54, 1.807) is 0 Å². The summed E-state index contributed by atoms with van der Waals surface area (Å²) < 4.78 is 123. The molecule has 4 rings (SSSR count). The molecule has 1 fully saturated rings. The molecule has 7 nitrogen and oxygen atoms in total. The summed E-state index contributed by atoms with van der Waals surface area (Å²) in [6.07, 6.45) is -9.66. The van der Waals surface area contributed by atoms with Crippen LogP contribution in [0.25, 0.3) is 0 Å². The Kier molecular flexibility index (Phi) is 8.08. The molecule has 0 bridgehead atoms. The zero-order valence-corrected chi connectivity index (χ0v) is 22.0. The molecular weight excluding hydrogens is 585 g/mol. The van der Waals surface area contributed by atoms with Gasteiger partial charge in [-0.05, 0) is 67.7 Å². The first-order valence-electron chi connectivity index (χ1n) is 12.4. The number of benzene rings is 2. The van der Waals surface area contributed by atoms with E-state index in [9.17, 15) is 49.1 Å². The van der Waals surface area contributed by atoms with Crippen molar-refractivity contribution in [2.24, 2.45) is 0 Å². The van der Waals surface area contributed by atoms with Crippen LogP contribution in [0.3, 0.4) is 0 Å². The molecule has 1 amide bonds. The molecule has 2 aliphatic rings. The number of carbonyl (C=O) groups excluding carboxylic acids is 1. The van der Waals surface area contributed by atoms with Crippen molar-refractivity contribution in [2.75, 3.05) is 10.8 Å². The second kappa shape index (κ2) is 10.8. The van der Waals surface area contributed by atoms with Gasteiger partial charge in [-0.15, -0.1) is 0 Å². The van der Waals surface area contributed by atoms with Crippen LogP contribution in [-0.4, -0.2) is 60.4 Å². The first-order chi connectivity index (χ1) is 19.0. The first-order valence-corrected chi connectivity index (χ1v) is 13.9. The van der Waals surface area contributed by atoms with Crippen LogP contribution in [0.2, 0.25) is 0 Å². The molecule has 0 spiro atoms. The third kappa shape index (κ3) is 5.48. The lowest BCUT2D eigenvalue weighted by Gasteiger charge is -2.39. The molecule has 0 saturated carbocycles. The third-order valence-electron chi connectivity index (χ3n) is 7.34. The molecule has 0 aromatic heterocycles. The molecule has 15 heteroatoms. The van der Waals surface area contributed by atoms with Crippen LogP contribution in [0, 0.1) is 5.82 Å². The van der Waals surface area contributed by atoms with Crippen molar-refractivity contribution in [3.8, 4) is 0 Å². The summed E-state index contributed by atoms with van der Waals surface area (Å²) in [6, 6.07) is 3.63. The highest BCUT2D eigenvalue weighted by Crippen LogP contribution is 2.51. The lowest BCUT2D eigenvalue weighted by atomic mass is 9.87. The largest absolute Gasteiger partial charge is 0.516 e. The fourth-order valence-electron chi connectivity index (χ4n) is 5.30. The van der Waals surface area contributed by atoms with Gasteiger partial charge in [-0.2, -0.15) is 26.3 Å². The monoisotopic (exact) mass is 610 g/mol. The lowest BCUT2D eigenvalue weighted by molar-refractivity contribution is -0.376. The van der Waals surface area contributed by atoms with Crippen LogP contribution in [0.5, 0.6) is 0 Å². The molecule has 224 valence electrons. The number of likely N-dealkylation sites (tertiary alicyclic amines) is 1. The predicted molar refractivity (Wildman–Crippen MR) is 132 cm³/mol. The number of aliphatic hydroxyl groups is 2. The van der Waals surface area contributed by atoms with E-state index in [-0.39, 0.29) is 30.5 Å². The lowest BCUT2D eigenvalue weighted by Crippen LogP contribution is -2.54. The zero-order chi connectivity index (χ0) is 30.4. The summed E-state index contributed by atoms with van der Waals surface area (Å²) in [5.41, 5.74) is -7.26. The SMILES string of the molecule is O=C(CC1CCc2cc(C(O)(C(F)(F)F)C(F)(F)F)ccc2N1S(=O)(=O)c1ccc(F)cc1)N1CCCC1/C=C/O. The normalized spacial score (nSPS) is 20.5. The van der Waals surface area contributed by atoms with Crippen LogP contribution >= 0.6 is 0 Å². The highest BCUT2D eigenvalue weighted by atomic mass is 32.2. The van der Waals surface area contributed by atoms with E-state index in [4.69, 9.17) is 5.11 Å².